The number of hydrogen-bond acceptors (Lipinski definition) is 8. The lowest BCUT2D eigenvalue weighted by Gasteiger charge is -2.11. The Morgan fingerprint density at radius 1 is 0.583 bits per heavy atom. The summed E-state index contributed by atoms with van der Waals surface area (Å²) in [4.78, 5) is 33.7. The number of ether oxygens (including phenoxy) is 3. The van der Waals surface area contributed by atoms with Crippen LogP contribution in [0.25, 0.3) is 22.3 Å². The summed E-state index contributed by atoms with van der Waals surface area (Å²) in [5.41, 5.74) is -1.07. The molecule has 4 aromatic carbocycles. The molecule has 48 heavy (non-hydrogen) atoms. The van der Waals surface area contributed by atoms with Crippen LogP contribution in [0.3, 0.4) is 0 Å². The fourth-order valence-corrected chi connectivity index (χ4v) is 4.37. The third kappa shape index (κ3) is 9.20. The van der Waals surface area contributed by atoms with Crippen molar-refractivity contribution < 1.29 is 55.2 Å². The van der Waals surface area contributed by atoms with Crippen molar-refractivity contribution in [2.24, 2.45) is 0 Å². The van der Waals surface area contributed by atoms with Crippen molar-refractivity contribution in [3.63, 3.8) is 0 Å². The molecule has 0 aliphatic heterocycles. The lowest BCUT2D eigenvalue weighted by Crippen LogP contribution is -2.13. The van der Waals surface area contributed by atoms with Gasteiger partial charge < -0.3 is 14.2 Å². The zero-order valence-corrected chi connectivity index (χ0v) is 24.5. The summed E-state index contributed by atoms with van der Waals surface area (Å²) < 4.78 is 93.3. The minimum atomic E-state index is -4.53. The van der Waals surface area contributed by atoms with E-state index in [1.807, 2.05) is 0 Å². The Morgan fingerprint density at radius 3 is 1.38 bits per heavy atom. The zero-order valence-electron chi connectivity index (χ0n) is 24.5. The van der Waals surface area contributed by atoms with Gasteiger partial charge in [-0.15, -0.1) is 0 Å². The van der Waals surface area contributed by atoms with Gasteiger partial charge in [-0.2, -0.15) is 26.3 Å². The van der Waals surface area contributed by atoms with Crippen molar-refractivity contribution in [1.82, 2.24) is 0 Å². The van der Waals surface area contributed by atoms with E-state index in [0.717, 1.165) is 36.4 Å². The molecule has 0 aliphatic carbocycles. The molecule has 0 radical (unpaired) electrons. The van der Waals surface area contributed by atoms with Gasteiger partial charge in [-0.1, -0.05) is 24.3 Å². The highest BCUT2D eigenvalue weighted by molar-refractivity contribution is 5.71. The predicted molar refractivity (Wildman–Crippen MR) is 158 cm³/mol. The van der Waals surface area contributed by atoms with E-state index in [2.05, 4.69) is 0 Å². The predicted octanol–water partition coefficient (Wildman–Crippen LogP) is 8.66. The number of nitrogens with zero attached hydrogens (tertiary/aromatic N) is 2. The molecule has 10 nitrogen and oxygen atoms in total. The van der Waals surface area contributed by atoms with Crippen molar-refractivity contribution in [3.8, 4) is 33.8 Å². The molecule has 0 aromatic heterocycles. The third-order valence-electron chi connectivity index (χ3n) is 6.78. The second kappa shape index (κ2) is 14.8. The quantitative estimate of drug-likeness (QED) is 0.0451. The van der Waals surface area contributed by atoms with Crippen LogP contribution in [0.15, 0.2) is 84.9 Å². The summed E-state index contributed by atoms with van der Waals surface area (Å²) in [6.07, 6.45) is -9.26. The smallest absolute Gasteiger partial charge is 0.416 e. The highest BCUT2D eigenvalue weighted by Crippen LogP contribution is 2.36. The van der Waals surface area contributed by atoms with Gasteiger partial charge in [-0.05, 0) is 70.8 Å². The largest absolute Gasteiger partial charge is 0.487 e. The molecule has 252 valence electrons. The Bertz CT molecular complexity index is 1780. The highest BCUT2D eigenvalue weighted by atomic mass is 19.4. The van der Waals surface area contributed by atoms with E-state index in [1.54, 1.807) is 0 Å². The van der Waals surface area contributed by atoms with E-state index >= 15 is 0 Å². The Morgan fingerprint density at radius 2 is 0.979 bits per heavy atom. The summed E-state index contributed by atoms with van der Waals surface area (Å²) >= 11 is 0. The molecule has 0 saturated carbocycles. The lowest BCUT2D eigenvalue weighted by atomic mass is 10.0. The topological polar surface area (TPSA) is 131 Å². The molecule has 0 fully saturated rings. The SMILES string of the molecule is O=C(CCOc1cc(-c2ccc(C(F)(F)F)cc2)ccc1[N+](=O)[O-])OCCCOc1cc(-c2ccc(C(F)(F)F)cc2)ccc1[N+](=O)[O-]. The molecule has 0 amide bonds. The Labute approximate surface area is 267 Å². The van der Waals surface area contributed by atoms with Crippen molar-refractivity contribution in [3.05, 3.63) is 116 Å². The second-order valence-electron chi connectivity index (χ2n) is 10.1. The summed E-state index contributed by atoms with van der Waals surface area (Å²) in [5, 5.41) is 22.9. The summed E-state index contributed by atoms with van der Waals surface area (Å²) in [7, 11) is 0. The molecule has 0 unspecified atom stereocenters. The normalized spacial score (nSPS) is 11.5. The second-order valence-corrected chi connectivity index (χ2v) is 10.1. The van der Waals surface area contributed by atoms with Crippen LogP contribution in [0.2, 0.25) is 0 Å². The van der Waals surface area contributed by atoms with Crippen molar-refractivity contribution in [1.29, 1.82) is 0 Å². The highest BCUT2D eigenvalue weighted by Gasteiger charge is 2.31. The number of carbonyl (C=O) groups is 1. The van der Waals surface area contributed by atoms with E-state index in [-0.39, 0.29) is 49.8 Å². The Balaban J connectivity index is 1.28. The van der Waals surface area contributed by atoms with Gasteiger partial charge in [0.25, 0.3) is 0 Å². The first-order valence-corrected chi connectivity index (χ1v) is 14.0. The lowest BCUT2D eigenvalue weighted by molar-refractivity contribution is -0.386. The Kier molecular flexibility index (Phi) is 10.9. The fourth-order valence-electron chi connectivity index (χ4n) is 4.37. The minimum absolute atomic E-state index is 0.106. The van der Waals surface area contributed by atoms with E-state index in [0.29, 0.717) is 22.3 Å². The molecule has 0 spiro atoms. The number of nitro benzene ring substituents is 2. The molecule has 0 saturated heterocycles. The van der Waals surface area contributed by atoms with Gasteiger partial charge in [0.1, 0.15) is 0 Å². The van der Waals surface area contributed by atoms with Crippen LogP contribution in [0.1, 0.15) is 24.0 Å². The van der Waals surface area contributed by atoms with Gasteiger partial charge >= 0.3 is 29.7 Å². The van der Waals surface area contributed by atoms with Crippen LogP contribution < -0.4 is 9.47 Å². The maximum Gasteiger partial charge on any atom is 0.416 e. The molecule has 0 bridgehead atoms. The molecule has 4 rings (SSSR count). The first kappa shape index (κ1) is 35.2. The number of rotatable bonds is 13. The number of hydrogen-bond donors (Lipinski definition) is 0. The number of carbonyl (C=O) groups excluding carboxylic acids is 1. The average Bonchev–Trinajstić information content (AvgIpc) is 3.03. The average molecular weight is 679 g/mol. The molecular weight excluding hydrogens is 654 g/mol. The van der Waals surface area contributed by atoms with Crippen LogP contribution in [-0.2, 0) is 21.9 Å². The van der Waals surface area contributed by atoms with Gasteiger partial charge in [0.05, 0.1) is 47.2 Å². The molecule has 0 heterocycles. The third-order valence-corrected chi connectivity index (χ3v) is 6.78. The minimum Gasteiger partial charge on any atom is -0.487 e. The molecular formula is C32H24F6N2O8. The number of halogens is 6. The van der Waals surface area contributed by atoms with E-state index in [9.17, 15) is 51.4 Å². The molecule has 16 heteroatoms. The van der Waals surface area contributed by atoms with Crippen LogP contribution in [-0.4, -0.2) is 35.6 Å². The van der Waals surface area contributed by atoms with Crippen molar-refractivity contribution in [2.45, 2.75) is 25.2 Å². The van der Waals surface area contributed by atoms with Gasteiger partial charge in [0.15, 0.2) is 11.5 Å². The molecule has 0 atom stereocenters. The number of nitro groups is 2. The number of alkyl halides is 6. The van der Waals surface area contributed by atoms with Crippen molar-refractivity contribution in [2.75, 3.05) is 19.8 Å². The van der Waals surface area contributed by atoms with Crippen LogP contribution in [0.5, 0.6) is 11.5 Å². The number of esters is 1. The van der Waals surface area contributed by atoms with Crippen LogP contribution in [0, 0.1) is 20.2 Å². The van der Waals surface area contributed by atoms with Gasteiger partial charge in [-0.3, -0.25) is 25.0 Å². The monoisotopic (exact) mass is 678 g/mol. The van der Waals surface area contributed by atoms with Crippen molar-refractivity contribution >= 4 is 17.3 Å². The maximum absolute atomic E-state index is 12.9. The van der Waals surface area contributed by atoms with E-state index < -0.39 is 45.0 Å². The number of benzene rings is 4. The van der Waals surface area contributed by atoms with E-state index in [4.69, 9.17) is 14.2 Å². The first-order chi connectivity index (χ1) is 22.6. The summed E-state index contributed by atoms with van der Waals surface area (Å²) in [6, 6.07) is 16.0. The molecule has 0 aliphatic rings. The van der Waals surface area contributed by atoms with Gasteiger partial charge in [-0.25, -0.2) is 0 Å². The fraction of sp³-hybridized carbons (Fsp3) is 0.219. The van der Waals surface area contributed by atoms with Gasteiger partial charge in [0.2, 0.25) is 0 Å². The standard InChI is InChI=1S/C32H24F6N2O8/c33-31(34,35)24-8-2-20(3-9-24)22-6-12-26(39(42)43)28(18-22)46-15-1-16-48-30(41)14-17-47-29-19-23(7-13-27(29)40(44)45)21-4-10-25(11-5-21)32(36,37)38/h2-13,18-19H,1,14-17H2. The molecule has 0 N–H and O–H groups in total. The summed E-state index contributed by atoms with van der Waals surface area (Å²) in [6.45, 7) is -0.603. The van der Waals surface area contributed by atoms with Crippen LogP contribution >= 0.6 is 0 Å². The van der Waals surface area contributed by atoms with Gasteiger partial charge in [0, 0.05) is 18.6 Å². The van der Waals surface area contributed by atoms with Crippen LogP contribution in [0.4, 0.5) is 37.7 Å². The molecule has 4 aromatic rings. The summed E-state index contributed by atoms with van der Waals surface area (Å²) in [5.74, 6) is -1.08. The zero-order chi connectivity index (χ0) is 35.1. The maximum atomic E-state index is 12.9. The first-order valence-electron chi connectivity index (χ1n) is 14.0. The van der Waals surface area contributed by atoms with E-state index in [1.165, 1.54) is 48.5 Å². The Hall–Kier alpha value is -5.67.